The predicted octanol–water partition coefficient (Wildman–Crippen LogP) is 3.90. The molecule has 0 aliphatic heterocycles. The molecule has 0 amide bonds. The van der Waals surface area contributed by atoms with Crippen molar-refractivity contribution < 1.29 is 4.43 Å². The fourth-order valence-electron chi connectivity index (χ4n) is 1.45. The van der Waals surface area contributed by atoms with Gasteiger partial charge in [0.25, 0.3) is 0 Å². The Bertz CT molecular complexity index is 345. The molecular weight excluding hydrogens is 250 g/mol. The van der Waals surface area contributed by atoms with Crippen LogP contribution in [0.2, 0.25) is 19.6 Å². The van der Waals surface area contributed by atoms with Crippen LogP contribution in [0.15, 0.2) is 36.9 Å². The number of hydrogen-bond donors (Lipinski definition) is 1. The summed E-state index contributed by atoms with van der Waals surface area (Å²) in [5, 5.41) is 0. The van der Waals surface area contributed by atoms with E-state index in [1.807, 2.05) is 30.3 Å². The van der Waals surface area contributed by atoms with Gasteiger partial charge in [0.2, 0.25) is 8.32 Å². The minimum atomic E-state index is -1.51. The van der Waals surface area contributed by atoms with Crippen molar-refractivity contribution in [1.82, 2.24) is 0 Å². The Morgan fingerprint density at radius 3 is 2.24 bits per heavy atom. The van der Waals surface area contributed by atoms with Gasteiger partial charge in [-0.25, -0.2) is 0 Å². The van der Waals surface area contributed by atoms with Crippen LogP contribution in [0.5, 0.6) is 5.75 Å². The maximum absolute atomic E-state index is 5.98. The van der Waals surface area contributed by atoms with Gasteiger partial charge < -0.3 is 10.2 Å². The zero-order valence-electron chi connectivity index (χ0n) is 10.8. The average molecular weight is 272 g/mol. The smallest absolute Gasteiger partial charge is 0.242 e. The molecule has 0 saturated carbocycles. The van der Waals surface area contributed by atoms with Crippen molar-refractivity contribution in [3.05, 3.63) is 42.5 Å². The molecule has 2 nitrogen and oxygen atoms in total. The third-order valence-electron chi connectivity index (χ3n) is 2.15. The summed E-state index contributed by atoms with van der Waals surface area (Å²) in [6.07, 6.45) is 2.64. The standard InChI is InChI=1S/C13H21NOSi.ClH/c1-5-6-13(14)11-7-9-12(10-8-11)15-16(2,3)4;/h5,7-10,13H,1,6,14H2,2-4H3;1H/t13-;/m0./s1. The first-order valence-electron chi connectivity index (χ1n) is 5.58. The van der Waals surface area contributed by atoms with Crippen LogP contribution in [-0.2, 0) is 0 Å². The number of benzene rings is 1. The van der Waals surface area contributed by atoms with E-state index in [0.29, 0.717) is 0 Å². The van der Waals surface area contributed by atoms with E-state index < -0.39 is 8.32 Å². The Labute approximate surface area is 111 Å². The molecular formula is C13H22ClNOSi. The minimum absolute atomic E-state index is 0. The van der Waals surface area contributed by atoms with Crippen LogP contribution in [0.4, 0.5) is 0 Å². The normalized spacial score (nSPS) is 12.5. The molecule has 96 valence electrons. The van der Waals surface area contributed by atoms with E-state index in [0.717, 1.165) is 17.7 Å². The van der Waals surface area contributed by atoms with Crippen molar-refractivity contribution in [2.24, 2.45) is 5.73 Å². The summed E-state index contributed by atoms with van der Waals surface area (Å²) in [6.45, 7) is 10.2. The van der Waals surface area contributed by atoms with Gasteiger partial charge in [-0.05, 0) is 43.8 Å². The molecule has 0 unspecified atom stereocenters. The summed E-state index contributed by atoms with van der Waals surface area (Å²) in [5.41, 5.74) is 7.11. The zero-order chi connectivity index (χ0) is 12.2. The number of halogens is 1. The highest BCUT2D eigenvalue weighted by Gasteiger charge is 2.16. The summed E-state index contributed by atoms with van der Waals surface area (Å²) in [4.78, 5) is 0. The van der Waals surface area contributed by atoms with E-state index in [1.54, 1.807) is 0 Å². The number of nitrogens with two attached hydrogens (primary N) is 1. The highest BCUT2D eigenvalue weighted by Crippen LogP contribution is 2.20. The maximum Gasteiger partial charge on any atom is 0.242 e. The van der Waals surface area contributed by atoms with E-state index in [9.17, 15) is 0 Å². The van der Waals surface area contributed by atoms with Gasteiger partial charge >= 0.3 is 0 Å². The minimum Gasteiger partial charge on any atom is -0.544 e. The molecule has 4 heteroatoms. The van der Waals surface area contributed by atoms with Crippen molar-refractivity contribution >= 4 is 20.7 Å². The number of hydrogen-bond acceptors (Lipinski definition) is 2. The van der Waals surface area contributed by atoms with Crippen LogP contribution >= 0.6 is 12.4 Å². The van der Waals surface area contributed by atoms with Crippen LogP contribution in [0.25, 0.3) is 0 Å². The lowest BCUT2D eigenvalue weighted by molar-refractivity contribution is 0.557. The molecule has 2 N–H and O–H groups in total. The summed E-state index contributed by atoms with van der Waals surface area (Å²) < 4.78 is 5.87. The first-order chi connectivity index (χ1) is 7.42. The van der Waals surface area contributed by atoms with Gasteiger partial charge in [-0.1, -0.05) is 18.2 Å². The largest absolute Gasteiger partial charge is 0.544 e. The van der Waals surface area contributed by atoms with Crippen LogP contribution in [0, 0.1) is 0 Å². The molecule has 1 atom stereocenters. The zero-order valence-corrected chi connectivity index (χ0v) is 12.6. The fraction of sp³-hybridized carbons (Fsp3) is 0.385. The summed E-state index contributed by atoms with van der Waals surface area (Å²) >= 11 is 0. The molecule has 0 spiro atoms. The topological polar surface area (TPSA) is 35.2 Å². The lowest BCUT2D eigenvalue weighted by Gasteiger charge is -2.19. The fourth-order valence-corrected chi connectivity index (χ4v) is 2.30. The Hall–Kier alpha value is -0.773. The molecule has 1 rings (SSSR count). The lowest BCUT2D eigenvalue weighted by Crippen LogP contribution is -2.29. The van der Waals surface area contributed by atoms with Crippen LogP contribution in [0.3, 0.4) is 0 Å². The maximum atomic E-state index is 5.98. The van der Waals surface area contributed by atoms with E-state index in [2.05, 4.69) is 26.2 Å². The van der Waals surface area contributed by atoms with Crippen molar-refractivity contribution in [3.8, 4) is 5.75 Å². The monoisotopic (exact) mass is 271 g/mol. The molecule has 0 bridgehead atoms. The summed E-state index contributed by atoms with van der Waals surface area (Å²) in [7, 11) is -1.51. The third-order valence-corrected chi connectivity index (χ3v) is 3.00. The summed E-state index contributed by atoms with van der Waals surface area (Å²) in [6, 6.07) is 8.10. The molecule has 0 aromatic heterocycles. The van der Waals surface area contributed by atoms with Crippen molar-refractivity contribution in [3.63, 3.8) is 0 Å². The molecule has 0 radical (unpaired) electrons. The van der Waals surface area contributed by atoms with E-state index in [-0.39, 0.29) is 18.4 Å². The molecule has 0 saturated heterocycles. The van der Waals surface area contributed by atoms with Gasteiger partial charge in [0.1, 0.15) is 5.75 Å². The SMILES string of the molecule is C=CC[C@H](N)c1ccc(O[Si](C)(C)C)cc1.Cl. The van der Waals surface area contributed by atoms with E-state index in [1.165, 1.54) is 0 Å². The molecule has 0 heterocycles. The lowest BCUT2D eigenvalue weighted by atomic mass is 10.1. The van der Waals surface area contributed by atoms with Crippen molar-refractivity contribution in [2.75, 3.05) is 0 Å². The first kappa shape index (κ1) is 16.2. The van der Waals surface area contributed by atoms with Crippen molar-refractivity contribution in [2.45, 2.75) is 32.1 Å². The quantitative estimate of drug-likeness (QED) is 0.651. The van der Waals surface area contributed by atoms with Gasteiger partial charge in [0.15, 0.2) is 0 Å². The van der Waals surface area contributed by atoms with E-state index >= 15 is 0 Å². The molecule has 0 aliphatic rings. The van der Waals surface area contributed by atoms with Crippen LogP contribution < -0.4 is 10.2 Å². The van der Waals surface area contributed by atoms with Gasteiger partial charge in [-0.2, -0.15) is 0 Å². The highest BCUT2D eigenvalue weighted by molar-refractivity contribution is 6.70. The Kier molecular flexibility index (Phi) is 6.53. The second-order valence-corrected chi connectivity index (χ2v) is 9.34. The Balaban J connectivity index is 0.00000256. The molecule has 1 aromatic rings. The van der Waals surface area contributed by atoms with Crippen LogP contribution in [0.1, 0.15) is 18.0 Å². The second kappa shape index (κ2) is 6.84. The van der Waals surface area contributed by atoms with Gasteiger partial charge in [0, 0.05) is 6.04 Å². The molecule has 0 aliphatic carbocycles. The van der Waals surface area contributed by atoms with Crippen molar-refractivity contribution in [1.29, 1.82) is 0 Å². The third kappa shape index (κ3) is 5.91. The number of rotatable bonds is 5. The predicted molar refractivity (Wildman–Crippen MR) is 79.4 cm³/mol. The Morgan fingerprint density at radius 2 is 1.82 bits per heavy atom. The second-order valence-electron chi connectivity index (χ2n) is 4.91. The average Bonchev–Trinajstić information content (AvgIpc) is 2.16. The molecule has 17 heavy (non-hydrogen) atoms. The van der Waals surface area contributed by atoms with Gasteiger partial charge in [-0.15, -0.1) is 19.0 Å². The highest BCUT2D eigenvalue weighted by atomic mass is 35.5. The molecule has 0 fully saturated rings. The summed E-state index contributed by atoms with van der Waals surface area (Å²) in [5.74, 6) is 0.939. The van der Waals surface area contributed by atoms with Gasteiger partial charge in [0.05, 0.1) is 0 Å². The molecule has 1 aromatic carbocycles. The van der Waals surface area contributed by atoms with Gasteiger partial charge in [-0.3, -0.25) is 0 Å². The Morgan fingerprint density at radius 1 is 1.29 bits per heavy atom. The van der Waals surface area contributed by atoms with E-state index in [4.69, 9.17) is 10.2 Å². The first-order valence-corrected chi connectivity index (χ1v) is 8.98. The van der Waals surface area contributed by atoms with Crippen LogP contribution in [-0.4, -0.2) is 8.32 Å².